The molecule has 4 N–H and O–H groups in total. The number of carbonyl (C=O) groups excluding carboxylic acids is 1. The zero-order valence-corrected chi connectivity index (χ0v) is 12.1. The second kappa shape index (κ2) is 5.89. The molecular weight excluding hydrogens is 262 g/mol. The van der Waals surface area contributed by atoms with Gasteiger partial charge in [-0.05, 0) is 27.7 Å². The number of amides is 2. The molecule has 0 aliphatic rings. The summed E-state index contributed by atoms with van der Waals surface area (Å²) in [5.41, 5.74) is -1.98. The van der Waals surface area contributed by atoms with Gasteiger partial charge in [0.1, 0.15) is 12.2 Å². The smallest absolute Gasteiger partial charge is 0.315 e. The summed E-state index contributed by atoms with van der Waals surface area (Å²) in [6.45, 7) is 6.88. The van der Waals surface area contributed by atoms with Gasteiger partial charge >= 0.3 is 12.0 Å². The number of aliphatic carboxylic acids is 1. The molecule has 0 aliphatic heterocycles. The molecule has 8 heteroatoms. The first-order chi connectivity index (χ1) is 9.17. The molecule has 20 heavy (non-hydrogen) atoms. The van der Waals surface area contributed by atoms with E-state index >= 15 is 0 Å². The fraction of sp³-hybridized carbons (Fsp3) is 0.667. The lowest BCUT2D eigenvalue weighted by atomic mass is 9.74. The normalized spacial score (nSPS) is 12.0. The van der Waals surface area contributed by atoms with Crippen molar-refractivity contribution in [1.29, 1.82) is 0 Å². The van der Waals surface area contributed by atoms with E-state index in [0.29, 0.717) is 18.8 Å². The molecule has 0 saturated heterocycles. The number of H-pyrrole nitrogens is 1. The fourth-order valence-electron chi connectivity index (χ4n) is 1.40. The Morgan fingerprint density at radius 1 is 1.35 bits per heavy atom. The van der Waals surface area contributed by atoms with E-state index in [2.05, 4.69) is 25.8 Å². The Kier molecular flexibility index (Phi) is 4.69. The Bertz CT molecular complexity index is 467. The molecule has 0 radical (unpaired) electrons. The standard InChI is InChI=1S/C12H21N5O3/c1-11(2,9(18)19)12(3,4)16-10(20)13-6-5-8-14-7-15-17-8/h7H,5-6H2,1-4H3,(H,18,19)(H2,13,16,20)(H,14,15,17). The molecule has 0 bridgehead atoms. The summed E-state index contributed by atoms with van der Waals surface area (Å²) in [5, 5.41) is 20.9. The molecule has 8 nitrogen and oxygen atoms in total. The largest absolute Gasteiger partial charge is 0.481 e. The summed E-state index contributed by atoms with van der Waals surface area (Å²) in [7, 11) is 0. The number of aromatic amines is 1. The molecule has 0 spiro atoms. The zero-order valence-electron chi connectivity index (χ0n) is 12.1. The Labute approximate surface area is 117 Å². The van der Waals surface area contributed by atoms with Gasteiger partial charge in [0.25, 0.3) is 0 Å². The molecule has 0 atom stereocenters. The number of carboxylic acid groups (broad SMARTS) is 1. The summed E-state index contributed by atoms with van der Waals surface area (Å²) in [5.74, 6) is -0.292. The number of nitrogens with one attached hydrogen (secondary N) is 3. The number of hydrogen-bond donors (Lipinski definition) is 4. The molecule has 1 heterocycles. The van der Waals surface area contributed by atoms with Crippen LogP contribution in [-0.4, -0.2) is 44.4 Å². The van der Waals surface area contributed by atoms with Crippen molar-refractivity contribution in [1.82, 2.24) is 25.8 Å². The lowest BCUT2D eigenvalue weighted by Gasteiger charge is -2.38. The second-order valence-electron chi connectivity index (χ2n) is 5.62. The van der Waals surface area contributed by atoms with Crippen molar-refractivity contribution in [2.75, 3.05) is 6.54 Å². The third-order valence-corrected chi connectivity index (χ3v) is 3.64. The van der Waals surface area contributed by atoms with Crippen LogP contribution in [0, 0.1) is 5.41 Å². The van der Waals surface area contributed by atoms with Crippen molar-refractivity contribution in [3.05, 3.63) is 12.2 Å². The predicted octanol–water partition coefficient (Wildman–Crippen LogP) is 0.536. The Morgan fingerprint density at radius 2 is 2.00 bits per heavy atom. The van der Waals surface area contributed by atoms with Crippen LogP contribution in [-0.2, 0) is 11.2 Å². The highest BCUT2D eigenvalue weighted by Crippen LogP contribution is 2.30. The highest BCUT2D eigenvalue weighted by Gasteiger charge is 2.44. The summed E-state index contributed by atoms with van der Waals surface area (Å²) in [4.78, 5) is 27.0. The van der Waals surface area contributed by atoms with E-state index in [-0.39, 0.29) is 0 Å². The molecule has 1 aromatic heterocycles. The lowest BCUT2D eigenvalue weighted by Crippen LogP contribution is -2.59. The van der Waals surface area contributed by atoms with E-state index in [4.69, 9.17) is 0 Å². The van der Waals surface area contributed by atoms with Crippen molar-refractivity contribution in [2.45, 2.75) is 39.7 Å². The molecule has 2 amide bonds. The first-order valence-electron chi connectivity index (χ1n) is 6.30. The number of urea groups is 1. The summed E-state index contributed by atoms with van der Waals surface area (Å²) in [6, 6.07) is -0.413. The Morgan fingerprint density at radius 3 is 2.50 bits per heavy atom. The van der Waals surface area contributed by atoms with Crippen LogP contribution in [0.4, 0.5) is 4.79 Å². The van der Waals surface area contributed by atoms with E-state index in [1.807, 2.05) is 0 Å². The molecule has 1 rings (SSSR count). The Hall–Kier alpha value is -2.12. The van der Waals surface area contributed by atoms with Gasteiger partial charge in [0.15, 0.2) is 0 Å². The van der Waals surface area contributed by atoms with E-state index in [0.717, 1.165) is 0 Å². The third-order valence-electron chi connectivity index (χ3n) is 3.64. The molecule has 0 aliphatic carbocycles. The predicted molar refractivity (Wildman–Crippen MR) is 72.1 cm³/mol. The summed E-state index contributed by atoms with van der Waals surface area (Å²) in [6.07, 6.45) is 1.92. The highest BCUT2D eigenvalue weighted by atomic mass is 16.4. The van der Waals surface area contributed by atoms with Gasteiger partial charge in [-0.1, -0.05) is 0 Å². The lowest BCUT2D eigenvalue weighted by molar-refractivity contribution is -0.150. The topological polar surface area (TPSA) is 120 Å². The van der Waals surface area contributed by atoms with E-state index in [9.17, 15) is 14.7 Å². The SMILES string of the molecule is CC(C)(NC(=O)NCCc1ncn[nH]1)C(C)(C)C(=O)O. The van der Waals surface area contributed by atoms with Crippen LogP contribution in [0.3, 0.4) is 0 Å². The molecule has 112 valence electrons. The Balaban J connectivity index is 2.47. The number of rotatable bonds is 6. The maximum atomic E-state index is 11.8. The molecular formula is C12H21N5O3. The average Bonchev–Trinajstić information content (AvgIpc) is 2.80. The van der Waals surface area contributed by atoms with Crippen molar-refractivity contribution in [3.63, 3.8) is 0 Å². The van der Waals surface area contributed by atoms with Crippen LogP contribution in [0.15, 0.2) is 6.33 Å². The van der Waals surface area contributed by atoms with Gasteiger partial charge in [-0.2, -0.15) is 5.10 Å². The van der Waals surface area contributed by atoms with Gasteiger partial charge < -0.3 is 15.7 Å². The number of aromatic nitrogens is 3. The first kappa shape index (κ1) is 15.9. The van der Waals surface area contributed by atoms with E-state index in [1.165, 1.54) is 6.33 Å². The van der Waals surface area contributed by atoms with E-state index < -0.39 is 23.0 Å². The zero-order chi connectivity index (χ0) is 15.4. The minimum absolute atomic E-state index is 0.380. The number of nitrogens with zero attached hydrogens (tertiary/aromatic N) is 2. The molecule has 0 aromatic carbocycles. The maximum absolute atomic E-state index is 11.8. The quantitative estimate of drug-likeness (QED) is 0.607. The van der Waals surface area contributed by atoms with Gasteiger partial charge in [-0.25, -0.2) is 9.78 Å². The van der Waals surface area contributed by atoms with Gasteiger partial charge in [0.05, 0.1) is 11.0 Å². The van der Waals surface area contributed by atoms with Crippen LogP contribution < -0.4 is 10.6 Å². The first-order valence-corrected chi connectivity index (χ1v) is 6.30. The van der Waals surface area contributed by atoms with Gasteiger partial charge in [-0.3, -0.25) is 9.89 Å². The second-order valence-corrected chi connectivity index (χ2v) is 5.62. The van der Waals surface area contributed by atoms with Crippen LogP contribution in [0.25, 0.3) is 0 Å². The van der Waals surface area contributed by atoms with Crippen LogP contribution >= 0.6 is 0 Å². The molecule has 0 fully saturated rings. The monoisotopic (exact) mass is 283 g/mol. The molecule has 0 unspecified atom stereocenters. The number of hydrogen-bond acceptors (Lipinski definition) is 4. The van der Waals surface area contributed by atoms with Gasteiger partial charge in [0, 0.05) is 13.0 Å². The maximum Gasteiger partial charge on any atom is 0.315 e. The van der Waals surface area contributed by atoms with Gasteiger partial charge in [0.2, 0.25) is 0 Å². The van der Waals surface area contributed by atoms with Crippen molar-refractivity contribution in [2.24, 2.45) is 5.41 Å². The number of carboxylic acids is 1. The summed E-state index contributed by atoms with van der Waals surface area (Å²) >= 11 is 0. The highest BCUT2D eigenvalue weighted by molar-refractivity contribution is 5.79. The van der Waals surface area contributed by atoms with Crippen molar-refractivity contribution >= 4 is 12.0 Å². The van der Waals surface area contributed by atoms with E-state index in [1.54, 1.807) is 27.7 Å². The minimum atomic E-state index is -1.09. The molecule has 0 saturated carbocycles. The van der Waals surface area contributed by atoms with Crippen molar-refractivity contribution in [3.8, 4) is 0 Å². The molecule has 1 aromatic rings. The van der Waals surface area contributed by atoms with Gasteiger partial charge in [-0.15, -0.1) is 0 Å². The fourth-order valence-corrected chi connectivity index (χ4v) is 1.40. The number of carbonyl (C=O) groups is 2. The third kappa shape index (κ3) is 3.69. The van der Waals surface area contributed by atoms with Crippen LogP contribution in [0.2, 0.25) is 0 Å². The van der Waals surface area contributed by atoms with Crippen LogP contribution in [0.5, 0.6) is 0 Å². The van der Waals surface area contributed by atoms with Crippen LogP contribution in [0.1, 0.15) is 33.5 Å². The minimum Gasteiger partial charge on any atom is -0.481 e. The average molecular weight is 283 g/mol. The van der Waals surface area contributed by atoms with Crippen molar-refractivity contribution < 1.29 is 14.7 Å². The summed E-state index contributed by atoms with van der Waals surface area (Å²) < 4.78 is 0.